The minimum atomic E-state index is -0.185. The molecule has 0 unspecified atom stereocenters. The second-order valence-electron chi connectivity index (χ2n) is 7.64. The van der Waals surface area contributed by atoms with Gasteiger partial charge >= 0.3 is 0 Å². The van der Waals surface area contributed by atoms with Crippen molar-refractivity contribution in [3.63, 3.8) is 0 Å². The second-order valence-corrected chi connectivity index (χ2v) is 10.4. The van der Waals surface area contributed by atoms with Gasteiger partial charge in [-0.2, -0.15) is 0 Å². The lowest BCUT2D eigenvalue weighted by Crippen LogP contribution is -2.14. The zero-order valence-corrected chi connectivity index (χ0v) is 19.3. The van der Waals surface area contributed by atoms with Crippen molar-refractivity contribution in [2.75, 3.05) is 16.8 Å². The number of pyridine rings is 1. The van der Waals surface area contributed by atoms with E-state index in [1.165, 1.54) is 22.6 Å². The molecule has 162 valence electrons. The van der Waals surface area contributed by atoms with E-state index in [4.69, 9.17) is 4.74 Å². The molecule has 0 radical (unpaired) electrons. The molecule has 4 aromatic rings. The zero-order valence-electron chi connectivity index (χ0n) is 17.7. The second kappa shape index (κ2) is 9.30. The van der Waals surface area contributed by atoms with E-state index in [0.29, 0.717) is 15.9 Å². The van der Waals surface area contributed by atoms with E-state index in [1.54, 1.807) is 6.07 Å². The number of carbonyl (C=O) groups is 1. The van der Waals surface area contributed by atoms with Gasteiger partial charge in [-0.25, -0.2) is 4.98 Å². The van der Waals surface area contributed by atoms with E-state index >= 15 is 0 Å². The SMILES string of the molecule is Cc1ccc2nc(COc3ccccc3C(=O)Nc3cccc(C4SCCS4)c3)cn2c1. The largest absolute Gasteiger partial charge is 0.486 e. The fraction of sp³-hybridized carbons (Fsp3) is 0.200. The Morgan fingerprint density at radius 2 is 1.94 bits per heavy atom. The summed E-state index contributed by atoms with van der Waals surface area (Å²) in [6, 6.07) is 19.4. The Morgan fingerprint density at radius 1 is 1.09 bits per heavy atom. The predicted molar refractivity (Wildman–Crippen MR) is 133 cm³/mol. The Labute approximate surface area is 195 Å². The van der Waals surface area contributed by atoms with Crippen LogP contribution in [0.5, 0.6) is 5.75 Å². The highest BCUT2D eigenvalue weighted by atomic mass is 32.2. The monoisotopic (exact) mass is 461 g/mol. The minimum Gasteiger partial charge on any atom is -0.486 e. The number of nitrogens with one attached hydrogen (secondary N) is 1. The standard InChI is InChI=1S/C25H23N3O2S2/c1-17-9-10-23-26-20(15-28(23)14-17)16-30-22-8-3-2-7-21(22)24(29)27-19-6-4-5-18(13-19)25-31-11-12-32-25/h2-10,13-15,25H,11-12,16H2,1H3,(H,27,29). The molecule has 2 aromatic carbocycles. The zero-order chi connectivity index (χ0) is 21.9. The smallest absolute Gasteiger partial charge is 0.259 e. The fourth-order valence-electron chi connectivity index (χ4n) is 3.67. The molecule has 1 amide bonds. The maximum absolute atomic E-state index is 13.0. The molecule has 3 heterocycles. The van der Waals surface area contributed by atoms with Gasteiger partial charge in [0.05, 0.1) is 15.8 Å². The molecule has 7 heteroatoms. The van der Waals surface area contributed by atoms with Gasteiger partial charge in [-0.05, 0) is 48.4 Å². The van der Waals surface area contributed by atoms with E-state index in [0.717, 1.165) is 17.0 Å². The van der Waals surface area contributed by atoms with Gasteiger partial charge in [0.2, 0.25) is 0 Å². The van der Waals surface area contributed by atoms with Gasteiger partial charge in [-0.1, -0.05) is 30.3 Å². The van der Waals surface area contributed by atoms with Crippen molar-refractivity contribution in [2.24, 2.45) is 0 Å². The molecule has 1 aliphatic heterocycles. The lowest BCUT2D eigenvalue weighted by atomic mass is 10.1. The lowest BCUT2D eigenvalue weighted by molar-refractivity contribution is 0.102. The Balaban J connectivity index is 1.30. The topological polar surface area (TPSA) is 55.6 Å². The summed E-state index contributed by atoms with van der Waals surface area (Å²) in [5, 5.41) is 3.03. The van der Waals surface area contributed by atoms with Crippen LogP contribution in [0.4, 0.5) is 5.69 Å². The van der Waals surface area contributed by atoms with Crippen LogP contribution < -0.4 is 10.1 Å². The highest BCUT2D eigenvalue weighted by Gasteiger charge is 2.19. The molecule has 5 nitrogen and oxygen atoms in total. The molecule has 1 fully saturated rings. The maximum atomic E-state index is 13.0. The maximum Gasteiger partial charge on any atom is 0.259 e. The molecule has 0 spiro atoms. The molecule has 1 saturated heterocycles. The van der Waals surface area contributed by atoms with Gasteiger partial charge in [0.1, 0.15) is 18.0 Å². The highest BCUT2D eigenvalue weighted by molar-refractivity contribution is 8.19. The third-order valence-electron chi connectivity index (χ3n) is 5.19. The van der Waals surface area contributed by atoms with Crippen molar-refractivity contribution in [3.05, 3.63) is 95.4 Å². The number of thioether (sulfide) groups is 2. The van der Waals surface area contributed by atoms with E-state index in [2.05, 4.69) is 22.4 Å². The van der Waals surface area contributed by atoms with Crippen LogP contribution in [-0.2, 0) is 6.61 Å². The summed E-state index contributed by atoms with van der Waals surface area (Å²) in [5.74, 6) is 2.69. The number of ether oxygens (including phenoxy) is 1. The molecule has 2 aromatic heterocycles. The van der Waals surface area contributed by atoms with E-state index in [1.807, 2.05) is 89.7 Å². The number of fused-ring (bicyclic) bond motifs is 1. The predicted octanol–water partition coefficient (Wildman–Crippen LogP) is 5.95. The highest BCUT2D eigenvalue weighted by Crippen LogP contribution is 2.45. The number of amides is 1. The first kappa shape index (κ1) is 21.0. The van der Waals surface area contributed by atoms with Gasteiger partial charge in [-0.15, -0.1) is 23.5 Å². The van der Waals surface area contributed by atoms with E-state index in [-0.39, 0.29) is 12.5 Å². The van der Waals surface area contributed by atoms with Gasteiger partial charge in [0.25, 0.3) is 5.91 Å². The van der Waals surface area contributed by atoms with Crippen LogP contribution in [-0.4, -0.2) is 26.8 Å². The average Bonchev–Trinajstić information content (AvgIpc) is 3.48. The Kier molecular flexibility index (Phi) is 6.10. The quantitative estimate of drug-likeness (QED) is 0.384. The molecule has 0 atom stereocenters. The van der Waals surface area contributed by atoms with E-state index < -0.39 is 0 Å². The molecule has 5 rings (SSSR count). The first-order valence-electron chi connectivity index (χ1n) is 10.5. The first-order valence-corrected chi connectivity index (χ1v) is 12.6. The van der Waals surface area contributed by atoms with E-state index in [9.17, 15) is 4.79 Å². The number of anilines is 1. The van der Waals surface area contributed by atoms with Crippen LogP contribution in [0, 0.1) is 6.92 Å². The number of benzene rings is 2. The third kappa shape index (κ3) is 4.64. The summed E-state index contributed by atoms with van der Waals surface area (Å²) in [5.41, 5.74) is 5.39. The van der Waals surface area contributed by atoms with Gasteiger partial charge in [0, 0.05) is 29.6 Å². The minimum absolute atomic E-state index is 0.185. The number of imidazole rings is 1. The number of para-hydroxylation sites is 1. The summed E-state index contributed by atoms with van der Waals surface area (Å²) in [6.07, 6.45) is 3.99. The van der Waals surface area contributed by atoms with Crippen LogP contribution >= 0.6 is 23.5 Å². The normalized spacial score (nSPS) is 14.0. The Morgan fingerprint density at radius 3 is 2.81 bits per heavy atom. The molecule has 1 aliphatic rings. The number of aryl methyl sites for hydroxylation is 1. The number of hydrogen-bond acceptors (Lipinski definition) is 5. The average molecular weight is 462 g/mol. The van der Waals surface area contributed by atoms with Crippen LogP contribution in [0.25, 0.3) is 5.65 Å². The Hall–Kier alpha value is -2.90. The van der Waals surface area contributed by atoms with Crippen molar-refractivity contribution >= 4 is 40.8 Å². The van der Waals surface area contributed by atoms with Crippen molar-refractivity contribution in [1.82, 2.24) is 9.38 Å². The number of nitrogens with zero attached hydrogens (tertiary/aromatic N) is 2. The lowest BCUT2D eigenvalue weighted by Gasteiger charge is -2.13. The molecule has 0 bridgehead atoms. The summed E-state index contributed by atoms with van der Waals surface area (Å²) >= 11 is 3.90. The van der Waals surface area contributed by atoms with Gasteiger partial charge < -0.3 is 14.5 Å². The number of rotatable bonds is 6. The molecule has 32 heavy (non-hydrogen) atoms. The number of hydrogen-bond donors (Lipinski definition) is 1. The van der Waals surface area contributed by atoms with Crippen molar-refractivity contribution in [2.45, 2.75) is 18.1 Å². The summed E-state index contributed by atoms with van der Waals surface area (Å²) in [6.45, 7) is 2.34. The van der Waals surface area contributed by atoms with Crippen LogP contribution in [0.1, 0.15) is 31.8 Å². The van der Waals surface area contributed by atoms with Gasteiger partial charge in [-0.3, -0.25) is 4.79 Å². The van der Waals surface area contributed by atoms with Crippen LogP contribution in [0.15, 0.2) is 73.1 Å². The van der Waals surface area contributed by atoms with Crippen molar-refractivity contribution < 1.29 is 9.53 Å². The van der Waals surface area contributed by atoms with Crippen molar-refractivity contribution in [3.8, 4) is 5.75 Å². The Bertz CT molecular complexity index is 1270. The fourth-order valence-corrected chi connectivity index (χ4v) is 6.51. The number of carbonyl (C=O) groups excluding carboxylic acids is 1. The summed E-state index contributed by atoms with van der Waals surface area (Å²) in [4.78, 5) is 17.6. The molecule has 0 aliphatic carbocycles. The third-order valence-corrected chi connectivity index (χ3v) is 8.30. The van der Waals surface area contributed by atoms with Gasteiger partial charge in [0.15, 0.2) is 0 Å². The van der Waals surface area contributed by atoms with Crippen LogP contribution in [0.3, 0.4) is 0 Å². The summed E-state index contributed by atoms with van der Waals surface area (Å²) in [7, 11) is 0. The molecular weight excluding hydrogens is 438 g/mol. The summed E-state index contributed by atoms with van der Waals surface area (Å²) < 4.78 is 8.43. The molecule has 0 saturated carbocycles. The number of aromatic nitrogens is 2. The van der Waals surface area contributed by atoms with Crippen molar-refractivity contribution in [1.29, 1.82) is 0 Å². The first-order chi connectivity index (χ1) is 15.7. The molecule has 1 N–H and O–H groups in total. The van der Waals surface area contributed by atoms with Crippen LogP contribution in [0.2, 0.25) is 0 Å². The molecular formula is C25H23N3O2S2.